The fourth-order valence-corrected chi connectivity index (χ4v) is 3.17. The van der Waals surface area contributed by atoms with E-state index >= 15 is 0 Å². The average molecular weight is 365 g/mol. The molecule has 2 unspecified atom stereocenters. The Labute approximate surface area is 153 Å². The second-order valence-electron chi connectivity index (χ2n) is 5.99. The van der Waals surface area contributed by atoms with Gasteiger partial charge in [0.05, 0.1) is 12.5 Å². The predicted octanol–water partition coefficient (Wildman–Crippen LogP) is 6.02. The number of carbonyl (C=O) groups is 1. The molecule has 0 saturated carbocycles. The summed E-state index contributed by atoms with van der Waals surface area (Å²) in [5.41, 5.74) is 3.39. The molecule has 2 aromatic rings. The lowest BCUT2D eigenvalue weighted by atomic mass is 9.82. The zero-order valence-corrected chi connectivity index (χ0v) is 15.7. The fourth-order valence-electron chi connectivity index (χ4n) is 2.86. The van der Waals surface area contributed by atoms with Crippen LogP contribution in [0.1, 0.15) is 42.9 Å². The van der Waals surface area contributed by atoms with Crippen LogP contribution in [0.15, 0.2) is 42.5 Å². The number of carbonyl (C=O) groups excluding carboxylic acids is 1. The molecule has 2 rings (SSSR count). The first-order valence-corrected chi connectivity index (χ1v) is 8.86. The van der Waals surface area contributed by atoms with Crippen molar-refractivity contribution in [3.8, 4) is 0 Å². The van der Waals surface area contributed by atoms with Gasteiger partial charge in [-0.15, -0.1) is 0 Å². The van der Waals surface area contributed by atoms with Gasteiger partial charge in [-0.1, -0.05) is 48.3 Å². The van der Waals surface area contributed by atoms with Crippen molar-refractivity contribution in [1.29, 1.82) is 0 Å². The quantitative estimate of drug-likeness (QED) is 0.585. The Morgan fingerprint density at radius 2 is 1.71 bits per heavy atom. The van der Waals surface area contributed by atoms with Crippen LogP contribution in [0.25, 0.3) is 0 Å². The summed E-state index contributed by atoms with van der Waals surface area (Å²) in [6, 6.07) is 13.6. The van der Waals surface area contributed by atoms with Gasteiger partial charge in [0.15, 0.2) is 0 Å². The molecular formula is C20H22Cl2O2. The standard InChI is InChI=1S/C20H22Cl2O2/c1-4-24-20(23)14(3)11-19(15-6-9-16(21)10-7-15)18-12-17(22)8-5-13(18)2/h5-10,12,14,19H,4,11H2,1-3H3. The molecule has 128 valence electrons. The molecule has 0 fully saturated rings. The molecule has 0 bridgehead atoms. The Morgan fingerprint density at radius 3 is 2.33 bits per heavy atom. The van der Waals surface area contributed by atoms with Crippen LogP contribution in [0.4, 0.5) is 0 Å². The van der Waals surface area contributed by atoms with E-state index in [1.165, 1.54) is 0 Å². The average Bonchev–Trinajstić information content (AvgIpc) is 2.56. The lowest BCUT2D eigenvalue weighted by Crippen LogP contribution is -2.18. The monoisotopic (exact) mass is 364 g/mol. The second kappa shape index (κ2) is 8.55. The van der Waals surface area contributed by atoms with Gasteiger partial charge >= 0.3 is 5.97 Å². The largest absolute Gasteiger partial charge is 0.466 e. The Kier molecular flexibility index (Phi) is 6.70. The smallest absolute Gasteiger partial charge is 0.308 e. The third-order valence-corrected chi connectivity index (χ3v) is 4.65. The summed E-state index contributed by atoms with van der Waals surface area (Å²) in [5, 5.41) is 1.39. The van der Waals surface area contributed by atoms with E-state index in [0.29, 0.717) is 23.1 Å². The van der Waals surface area contributed by atoms with Crippen LogP contribution in [-0.4, -0.2) is 12.6 Å². The first-order chi connectivity index (χ1) is 11.4. The van der Waals surface area contributed by atoms with Gasteiger partial charge in [-0.2, -0.15) is 0 Å². The molecule has 0 amide bonds. The van der Waals surface area contributed by atoms with Gasteiger partial charge in [0, 0.05) is 16.0 Å². The summed E-state index contributed by atoms with van der Waals surface area (Å²) in [6.45, 7) is 6.18. The molecule has 0 heterocycles. The number of aryl methyl sites for hydroxylation is 1. The van der Waals surface area contributed by atoms with Crippen molar-refractivity contribution >= 4 is 29.2 Å². The molecule has 0 aliphatic rings. The third kappa shape index (κ3) is 4.75. The van der Waals surface area contributed by atoms with Crippen LogP contribution in [-0.2, 0) is 9.53 Å². The van der Waals surface area contributed by atoms with E-state index in [4.69, 9.17) is 27.9 Å². The minimum absolute atomic E-state index is 0.0559. The molecule has 0 saturated heterocycles. The summed E-state index contributed by atoms with van der Waals surface area (Å²) >= 11 is 12.2. The summed E-state index contributed by atoms with van der Waals surface area (Å²) in [5.74, 6) is -0.319. The van der Waals surface area contributed by atoms with Crippen LogP contribution in [0, 0.1) is 12.8 Å². The van der Waals surface area contributed by atoms with E-state index in [0.717, 1.165) is 16.7 Å². The van der Waals surface area contributed by atoms with Crippen molar-refractivity contribution in [2.45, 2.75) is 33.1 Å². The van der Waals surface area contributed by atoms with Crippen molar-refractivity contribution < 1.29 is 9.53 Å². The van der Waals surface area contributed by atoms with E-state index < -0.39 is 0 Å². The summed E-state index contributed by atoms with van der Waals surface area (Å²) in [7, 11) is 0. The Balaban J connectivity index is 2.39. The van der Waals surface area contributed by atoms with E-state index in [-0.39, 0.29) is 17.8 Å². The number of esters is 1. The maximum atomic E-state index is 12.1. The van der Waals surface area contributed by atoms with Gasteiger partial charge in [-0.05, 0) is 61.2 Å². The van der Waals surface area contributed by atoms with Crippen molar-refractivity contribution in [3.05, 3.63) is 69.2 Å². The number of benzene rings is 2. The second-order valence-corrected chi connectivity index (χ2v) is 6.87. The third-order valence-electron chi connectivity index (χ3n) is 4.17. The Morgan fingerprint density at radius 1 is 1.08 bits per heavy atom. The maximum Gasteiger partial charge on any atom is 0.308 e. The molecule has 2 aromatic carbocycles. The van der Waals surface area contributed by atoms with Crippen LogP contribution >= 0.6 is 23.2 Å². The van der Waals surface area contributed by atoms with Gasteiger partial charge < -0.3 is 4.74 Å². The summed E-state index contributed by atoms with van der Waals surface area (Å²) in [6.07, 6.45) is 0.654. The number of rotatable bonds is 6. The number of hydrogen-bond donors (Lipinski definition) is 0. The molecule has 0 aromatic heterocycles. The number of hydrogen-bond acceptors (Lipinski definition) is 2. The molecule has 0 N–H and O–H groups in total. The molecular weight excluding hydrogens is 343 g/mol. The number of ether oxygens (including phenoxy) is 1. The Hall–Kier alpha value is -1.51. The van der Waals surface area contributed by atoms with Crippen molar-refractivity contribution in [1.82, 2.24) is 0 Å². The van der Waals surface area contributed by atoms with E-state index in [2.05, 4.69) is 6.92 Å². The van der Waals surface area contributed by atoms with Crippen molar-refractivity contribution in [2.75, 3.05) is 6.61 Å². The van der Waals surface area contributed by atoms with Crippen molar-refractivity contribution in [2.24, 2.45) is 5.92 Å². The van der Waals surface area contributed by atoms with Gasteiger partial charge in [0.1, 0.15) is 0 Å². The SMILES string of the molecule is CCOC(=O)C(C)CC(c1ccc(Cl)cc1)c1cc(Cl)ccc1C. The van der Waals surface area contributed by atoms with Crippen LogP contribution in [0.5, 0.6) is 0 Å². The maximum absolute atomic E-state index is 12.1. The Bertz CT molecular complexity index is 695. The van der Waals surface area contributed by atoms with Gasteiger partial charge in [0.25, 0.3) is 0 Å². The van der Waals surface area contributed by atoms with E-state index in [1.54, 1.807) is 0 Å². The van der Waals surface area contributed by atoms with Gasteiger partial charge in [-0.3, -0.25) is 4.79 Å². The highest BCUT2D eigenvalue weighted by Gasteiger charge is 2.24. The summed E-state index contributed by atoms with van der Waals surface area (Å²) < 4.78 is 5.16. The van der Waals surface area contributed by atoms with E-state index in [1.807, 2.05) is 56.3 Å². The zero-order chi connectivity index (χ0) is 17.7. The molecule has 4 heteroatoms. The molecule has 2 atom stereocenters. The highest BCUT2D eigenvalue weighted by molar-refractivity contribution is 6.30. The minimum Gasteiger partial charge on any atom is -0.466 e. The van der Waals surface area contributed by atoms with Crippen LogP contribution in [0.2, 0.25) is 10.0 Å². The van der Waals surface area contributed by atoms with E-state index in [9.17, 15) is 4.79 Å². The molecule has 0 aliphatic carbocycles. The molecule has 2 nitrogen and oxygen atoms in total. The minimum atomic E-state index is -0.205. The highest BCUT2D eigenvalue weighted by atomic mass is 35.5. The molecule has 0 radical (unpaired) electrons. The fraction of sp³-hybridized carbons (Fsp3) is 0.350. The topological polar surface area (TPSA) is 26.3 Å². The molecule has 0 aliphatic heterocycles. The first-order valence-electron chi connectivity index (χ1n) is 8.10. The predicted molar refractivity (Wildman–Crippen MR) is 99.9 cm³/mol. The lowest BCUT2D eigenvalue weighted by molar-refractivity contribution is -0.147. The highest BCUT2D eigenvalue weighted by Crippen LogP contribution is 2.35. The van der Waals surface area contributed by atoms with Gasteiger partial charge in [0.2, 0.25) is 0 Å². The lowest BCUT2D eigenvalue weighted by Gasteiger charge is -2.23. The van der Waals surface area contributed by atoms with Crippen LogP contribution < -0.4 is 0 Å². The number of halogens is 2. The van der Waals surface area contributed by atoms with Crippen molar-refractivity contribution in [3.63, 3.8) is 0 Å². The van der Waals surface area contributed by atoms with Crippen LogP contribution in [0.3, 0.4) is 0 Å². The van der Waals surface area contributed by atoms with Gasteiger partial charge in [-0.25, -0.2) is 0 Å². The summed E-state index contributed by atoms with van der Waals surface area (Å²) in [4.78, 5) is 12.1. The molecule has 0 spiro atoms. The normalized spacial score (nSPS) is 13.4. The molecule has 24 heavy (non-hydrogen) atoms. The zero-order valence-electron chi connectivity index (χ0n) is 14.2. The first kappa shape index (κ1) is 18.8.